The summed E-state index contributed by atoms with van der Waals surface area (Å²) in [5, 5.41) is 3.48. The van der Waals surface area contributed by atoms with Crippen LogP contribution in [0.15, 0.2) is 64.2 Å². The molecule has 0 saturated carbocycles. The van der Waals surface area contributed by atoms with Crippen molar-refractivity contribution in [3.63, 3.8) is 0 Å². The quantitative estimate of drug-likeness (QED) is 0.679. The fourth-order valence-electron chi connectivity index (χ4n) is 1.99. The highest BCUT2D eigenvalue weighted by molar-refractivity contribution is 7.98. The van der Waals surface area contributed by atoms with E-state index in [0.717, 1.165) is 5.56 Å². The fraction of sp³-hybridized carbons (Fsp3) is 0.111. The highest BCUT2D eigenvalue weighted by Crippen LogP contribution is 2.23. The van der Waals surface area contributed by atoms with Crippen LogP contribution in [-0.4, -0.2) is 17.1 Å². The predicted molar refractivity (Wildman–Crippen MR) is 93.9 cm³/mol. The van der Waals surface area contributed by atoms with Crippen molar-refractivity contribution in [1.82, 2.24) is 4.98 Å². The van der Waals surface area contributed by atoms with E-state index in [9.17, 15) is 4.79 Å². The summed E-state index contributed by atoms with van der Waals surface area (Å²) in [6.45, 7) is 1.97. The van der Waals surface area contributed by atoms with Gasteiger partial charge in [-0.2, -0.15) is 0 Å². The largest absolute Gasteiger partial charge is 0.445 e. The number of ether oxygens (including phenoxy) is 1. The topological polar surface area (TPSA) is 64.4 Å². The van der Waals surface area contributed by atoms with E-state index in [-0.39, 0.29) is 11.7 Å². The van der Waals surface area contributed by atoms with E-state index < -0.39 is 0 Å². The predicted octanol–water partition coefficient (Wildman–Crippen LogP) is 4.75. The lowest BCUT2D eigenvalue weighted by molar-refractivity contribution is 0.0992. The molecule has 0 saturated heterocycles. The normalized spacial score (nSPS) is 10.4. The molecule has 1 aromatic carbocycles. The van der Waals surface area contributed by atoms with Gasteiger partial charge in [0.1, 0.15) is 5.75 Å². The molecule has 6 heteroatoms. The van der Waals surface area contributed by atoms with Gasteiger partial charge in [0.25, 0.3) is 5.91 Å². The maximum Gasteiger partial charge on any atom is 0.291 e. The van der Waals surface area contributed by atoms with Crippen molar-refractivity contribution in [1.29, 1.82) is 0 Å². The number of aryl methyl sites for hydroxylation is 1. The fourth-order valence-corrected chi connectivity index (χ4v) is 2.36. The Balaban J connectivity index is 1.63. The lowest BCUT2D eigenvalue weighted by Gasteiger charge is -2.07. The second kappa shape index (κ2) is 7.23. The van der Waals surface area contributed by atoms with Crippen molar-refractivity contribution in [3.8, 4) is 11.6 Å². The molecule has 2 aromatic heterocycles. The Morgan fingerprint density at radius 2 is 1.92 bits per heavy atom. The Kier molecular flexibility index (Phi) is 4.86. The standard InChI is InChI=1S/C18H16N2O3S/c1-12-3-9-16(19-11-12)22-14-6-4-13(5-7-14)20-18(21)15-8-10-17(23-15)24-2/h3-11H,1-2H3,(H,20,21). The van der Waals surface area contributed by atoms with Crippen LogP contribution in [0.25, 0.3) is 0 Å². The molecule has 0 aliphatic heterocycles. The first-order valence-electron chi connectivity index (χ1n) is 7.30. The lowest BCUT2D eigenvalue weighted by Crippen LogP contribution is -2.10. The first-order valence-corrected chi connectivity index (χ1v) is 8.52. The number of hydrogen-bond acceptors (Lipinski definition) is 5. The van der Waals surface area contributed by atoms with Crippen LogP contribution in [0.5, 0.6) is 11.6 Å². The maximum atomic E-state index is 12.1. The molecule has 0 aliphatic rings. The molecular formula is C18H16N2O3S. The molecular weight excluding hydrogens is 324 g/mol. The van der Waals surface area contributed by atoms with Crippen LogP contribution >= 0.6 is 11.8 Å². The lowest BCUT2D eigenvalue weighted by atomic mass is 10.3. The zero-order valence-electron chi connectivity index (χ0n) is 13.3. The van der Waals surface area contributed by atoms with Crippen LogP contribution in [0.2, 0.25) is 0 Å². The van der Waals surface area contributed by atoms with Gasteiger partial charge in [-0.15, -0.1) is 0 Å². The summed E-state index contributed by atoms with van der Waals surface area (Å²) >= 11 is 1.45. The third-order valence-electron chi connectivity index (χ3n) is 3.23. The van der Waals surface area contributed by atoms with Crippen LogP contribution < -0.4 is 10.1 Å². The Hall–Kier alpha value is -2.73. The number of thioether (sulfide) groups is 1. The molecule has 24 heavy (non-hydrogen) atoms. The molecule has 0 unspecified atom stereocenters. The number of amides is 1. The SMILES string of the molecule is CSc1ccc(C(=O)Nc2ccc(Oc3ccc(C)cn3)cc2)o1. The molecule has 0 bridgehead atoms. The molecule has 0 radical (unpaired) electrons. The number of pyridine rings is 1. The molecule has 0 spiro atoms. The van der Waals surface area contributed by atoms with Crippen molar-refractivity contribution < 1.29 is 13.9 Å². The van der Waals surface area contributed by atoms with E-state index in [1.54, 1.807) is 42.6 Å². The third kappa shape index (κ3) is 3.97. The van der Waals surface area contributed by atoms with Gasteiger partial charge < -0.3 is 14.5 Å². The number of aromatic nitrogens is 1. The molecule has 122 valence electrons. The Morgan fingerprint density at radius 1 is 1.12 bits per heavy atom. The summed E-state index contributed by atoms with van der Waals surface area (Å²) in [5.74, 6) is 1.16. The molecule has 1 amide bonds. The minimum Gasteiger partial charge on any atom is -0.445 e. The number of anilines is 1. The molecule has 3 rings (SSSR count). The summed E-state index contributed by atoms with van der Waals surface area (Å²) in [6.07, 6.45) is 3.64. The minimum atomic E-state index is -0.288. The van der Waals surface area contributed by atoms with E-state index in [0.29, 0.717) is 22.4 Å². The Labute approximate surface area is 144 Å². The Bertz CT molecular complexity index is 826. The summed E-state index contributed by atoms with van der Waals surface area (Å²) in [5.41, 5.74) is 1.73. The van der Waals surface area contributed by atoms with Crippen molar-refractivity contribution in [3.05, 3.63) is 66.1 Å². The van der Waals surface area contributed by atoms with Crippen molar-refractivity contribution in [2.45, 2.75) is 12.0 Å². The second-order valence-electron chi connectivity index (χ2n) is 5.08. The van der Waals surface area contributed by atoms with Gasteiger partial charge in [0, 0.05) is 18.0 Å². The van der Waals surface area contributed by atoms with Gasteiger partial charge in [-0.25, -0.2) is 4.98 Å². The van der Waals surface area contributed by atoms with Gasteiger partial charge >= 0.3 is 0 Å². The van der Waals surface area contributed by atoms with E-state index in [2.05, 4.69) is 10.3 Å². The highest BCUT2D eigenvalue weighted by atomic mass is 32.2. The zero-order chi connectivity index (χ0) is 16.9. The summed E-state index contributed by atoms with van der Waals surface area (Å²) < 4.78 is 11.0. The van der Waals surface area contributed by atoms with Gasteiger partial charge in [0.15, 0.2) is 10.9 Å². The third-order valence-corrected chi connectivity index (χ3v) is 3.85. The first kappa shape index (κ1) is 16.1. The highest BCUT2D eigenvalue weighted by Gasteiger charge is 2.11. The maximum absolute atomic E-state index is 12.1. The van der Waals surface area contributed by atoms with Gasteiger partial charge in [0.05, 0.1) is 0 Å². The molecule has 1 N–H and O–H groups in total. The van der Waals surface area contributed by atoms with Crippen LogP contribution in [0.1, 0.15) is 16.1 Å². The minimum absolute atomic E-state index is 0.281. The van der Waals surface area contributed by atoms with Crippen molar-refractivity contribution in [2.75, 3.05) is 11.6 Å². The molecule has 0 fully saturated rings. The van der Waals surface area contributed by atoms with Gasteiger partial charge in [-0.1, -0.05) is 17.8 Å². The number of furan rings is 1. The summed E-state index contributed by atoms with van der Waals surface area (Å²) in [4.78, 5) is 16.3. The summed E-state index contributed by atoms with van der Waals surface area (Å²) in [6, 6.07) is 14.2. The van der Waals surface area contributed by atoms with Crippen LogP contribution in [0.4, 0.5) is 5.69 Å². The van der Waals surface area contributed by atoms with Gasteiger partial charge in [-0.3, -0.25) is 4.79 Å². The number of carbonyl (C=O) groups excluding carboxylic acids is 1. The van der Waals surface area contributed by atoms with E-state index in [1.807, 2.05) is 25.3 Å². The second-order valence-corrected chi connectivity index (χ2v) is 5.89. The first-order chi connectivity index (χ1) is 11.6. The van der Waals surface area contributed by atoms with Crippen molar-refractivity contribution >= 4 is 23.4 Å². The number of rotatable bonds is 5. The van der Waals surface area contributed by atoms with Crippen LogP contribution in [0, 0.1) is 6.92 Å². The zero-order valence-corrected chi connectivity index (χ0v) is 14.1. The van der Waals surface area contributed by atoms with Crippen LogP contribution in [-0.2, 0) is 0 Å². The van der Waals surface area contributed by atoms with Crippen molar-refractivity contribution in [2.24, 2.45) is 0 Å². The average molecular weight is 340 g/mol. The number of nitrogens with one attached hydrogen (secondary N) is 1. The number of hydrogen-bond donors (Lipinski definition) is 1. The van der Waals surface area contributed by atoms with E-state index >= 15 is 0 Å². The molecule has 0 atom stereocenters. The molecule has 3 aromatic rings. The molecule has 2 heterocycles. The smallest absolute Gasteiger partial charge is 0.291 e. The average Bonchev–Trinajstić information content (AvgIpc) is 3.08. The van der Waals surface area contributed by atoms with Gasteiger partial charge in [0.2, 0.25) is 5.88 Å². The van der Waals surface area contributed by atoms with E-state index in [1.165, 1.54) is 11.8 Å². The van der Waals surface area contributed by atoms with E-state index in [4.69, 9.17) is 9.15 Å². The number of nitrogens with zero attached hydrogens (tertiary/aromatic N) is 1. The Morgan fingerprint density at radius 3 is 2.54 bits per heavy atom. The van der Waals surface area contributed by atoms with Gasteiger partial charge in [-0.05, 0) is 55.1 Å². The molecule has 0 aliphatic carbocycles. The summed E-state index contributed by atoms with van der Waals surface area (Å²) in [7, 11) is 0. The molecule has 5 nitrogen and oxygen atoms in total. The number of benzene rings is 1. The van der Waals surface area contributed by atoms with Crippen LogP contribution in [0.3, 0.4) is 0 Å². The monoisotopic (exact) mass is 340 g/mol. The number of carbonyl (C=O) groups is 1.